The lowest BCUT2D eigenvalue weighted by Crippen LogP contribution is -2.16. The first-order chi connectivity index (χ1) is 17.6. The number of aromatic hydroxyl groups is 1. The van der Waals surface area contributed by atoms with Gasteiger partial charge in [-0.1, -0.05) is 0 Å². The Kier molecular flexibility index (Phi) is 6.54. The highest BCUT2D eigenvalue weighted by molar-refractivity contribution is 6.04. The lowest BCUT2D eigenvalue weighted by molar-refractivity contribution is 0.101. The van der Waals surface area contributed by atoms with Crippen LogP contribution in [0.3, 0.4) is 0 Å². The number of amides is 1. The first kappa shape index (κ1) is 23.4. The van der Waals surface area contributed by atoms with E-state index in [9.17, 15) is 9.90 Å². The Morgan fingerprint density at radius 2 is 2.11 bits per heavy atom. The topological polar surface area (TPSA) is 130 Å². The maximum atomic E-state index is 12.9. The van der Waals surface area contributed by atoms with Crippen LogP contribution in [0.25, 0.3) is 10.9 Å². The second kappa shape index (κ2) is 10.1. The number of fused-ring (bicyclic) bond motifs is 1. The molecule has 0 aliphatic carbocycles. The molecule has 0 spiro atoms. The fourth-order valence-corrected chi connectivity index (χ4v) is 3.92. The second-order valence-electron chi connectivity index (χ2n) is 8.06. The second-order valence-corrected chi connectivity index (χ2v) is 8.06. The van der Waals surface area contributed by atoms with E-state index in [0.29, 0.717) is 59.5 Å². The number of ether oxygens (including phenoxy) is 4. The minimum atomic E-state index is -0.427. The first-order valence-corrected chi connectivity index (χ1v) is 11.5. The van der Waals surface area contributed by atoms with Crippen molar-refractivity contribution in [3.05, 3.63) is 54.6 Å². The van der Waals surface area contributed by atoms with Crippen molar-refractivity contribution in [1.29, 1.82) is 0 Å². The molecule has 1 fully saturated rings. The van der Waals surface area contributed by atoms with Gasteiger partial charge in [-0.05, 0) is 37.6 Å². The lowest BCUT2D eigenvalue weighted by Gasteiger charge is -2.11. The third-order valence-electron chi connectivity index (χ3n) is 5.70. The average Bonchev–Trinajstić information content (AvgIpc) is 3.56. The number of nitrogens with one attached hydrogen (secondary N) is 1. The van der Waals surface area contributed by atoms with Crippen molar-refractivity contribution in [3.8, 4) is 28.7 Å². The molecule has 0 radical (unpaired) electrons. The summed E-state index contributed by atoms with van der Waals surface area (Å²) in [6.07, 6.45) is 5.64. The third-order valence-corrected chi connectivity index (χ3v) is 5.70. The van der Waals surface area contributed by atoms with Crippen LogP contribution < -0.4 is 19.5 Å². The first-order valence-electron chi connectivity index (χ1n) is 11.5. The number of phenols is 1. The van der Waals surface area contributed by atoms with Gasteiger partial charge in [0.05, 0.1) is 44.3 Å². The number of methoxy groups -OCH3 is 1. The van der Waals surface area contributed by atoms with Crippen LogP contribution in [0.2, 0.25) is 0 Å². The molecule has 11 nitrogen and oxygen atoms in total. The molecule has 11 heteroatoms. The van der Waals surface area contributed by atoms with Gasteiger partial charge < -0.3 is 29.4 Å². The SMILES string of the molecule is CCOc1cn(C2CCOC2)nc1C(=O)Nc1ccc(Oc2ccnc3cc(O)c(OC)cc23)cn1. The summed E-state index contributed by atoms with van der Waals surface area (Å²) in [6, 6.07) is 8.26. The zero-order chi connectivity index (χ0) is 25.1. The van der Waals surface area contributed by atoms with E-state index in [4.69, 9.17) is 18.9 Å². The maximum absolute atomic E-state index is 12.9. The summed E-state index contributed by atoms with van der Waals surface area (Å²) < 4.78 is 24.0. The molecule has 4 heterocycles. The number of hydrogen-bond acceptors (Lipinski definition) is 9. The number of pyridine rings is 2. The summed E-state index contributed by atoms with van der Waals surface area (Å²) in [6.45, 7) is 3.48. The fraction of sp³-hybridized carbons (Fsp3) is 0.280. The zero-order valence-electron chi connectivity index (χ0n) is 19.8. The predicted molar refractivity (Wildman–Crippen MR) is 130 cm³/mol. The minimum Gasteiger partial charge on any atom is -0.504 e. The van der Waals surface area contributed by atoms with Gasteiger partial charge in [0.2, 0.25) is 0 Å². The Hall–Kier alpha value is -4.38. The molecule has 36 heavy (non-hydrogen) atoms. The average molecular weight is 492 g/mol. The lowest BCUT2D eigenvalue weighted by atomic mass is 10.2. The van der Waals surface area contributed by atoms with Gasteiger partial charge in [-0.25, -0.2) is 4.98 Å². The minimum absolute atomic E-state index is 0.00897. The summed E-state index contributed by atoms with van der Waals surface area (Å²) in [5, 5.41) is 17.9. The maximum Gasteiger partial charge on any atom is 0.281 e. The highest BCUT2D eigenvalue weighted by Gasteiger charge is 2.24. The van der Waals surface area contributed by atoms with Gasteiger partial charge in [-0.3, -0.25) is 14.5 Å². The molecule has 5 rings (SSSR count). The normalized spacial score (nSPS) is 15.1. The fourth-order valence-electron chi connectivity index (χ4n) is 3.92. The van der Waals surface area contributed by atoms with E-state index in [0.717, 1.165) is 6.42 Å². The zero-order valence-corrected chi connectivity index (χ0v) is 19.8. The number of phenolic OH excluding ortho intramolecular Hbond substituents is 1. The Bertz CT molecular complexity index is 1380. The van der Waals surface area contributed by atoms with Gasteiger partial charge in [0.15, 0.2) is 22.9 Å². The molecule has 1 amide bonds. The molecule has 1 aliphatic heterocycles. The van der Waals surface area contributed by atoms with Crippen molar-refractivity contribution in [2.75, 3.05) is 32.2 Å². The number of hydrogen-bond donors (Lipinski definition) is 2. The van der Waals surface area contributed by atoms with Crippen LogP contribution in [-0.4, -0.2) is 57.7 Å². The van der Waals surface area contributed by atoms with E-state index in [2.05, 4.69) is 20.4 Å². The van der Waals surface area contributed by atoms with Crippen molar-refractivity contribution in [3.63, 3.8) is 0 Å². The van der Waals surface area contributed by atoms with Crippen LogP contribution in [0.1, 0.15) is 29.9 Å². The summed E-state index contributed by atoms with van der Waals surface area (Å²) in [4.78, 5) is 21.5. The van der Waals surface area contributed by atoms with E-state index in [1.54, 1.807) is 41.3 Å². The number of nitrogens with zero attached hydrogens (tertiary/aromatic N) is 4. The van der Waals surface area contributed by atoms with Gasteiger partial charge in [-0.15, -0.1) is 0 Å². The van der Waals surface area contributed by atoms with E-state index in [1.165, 1.54) is 19.4 Å². The van der Waals surface area contributed by atoms with E-state index < -0.39 is 5.91 Å². The van der Waals surface area contributed by atoms with Gasteiger partial charge in [0, 0.05) is 24.3 Å². The Balaban J connectivity index is 1.32. The number of carbonyl (C=O) groups is 1. The van der Waals surface area contributed by atoms with Crippen LogP contribution in [0.5, 0.6) is 28.7 Å². The molecular weight excluding hydrogens is 466 g/mol. The van der Waals surface area contributed by atoms with E-state index in [1.807, 2.05) is 6.92 Å². The predicted octanol–water partition coefficient (Wildman–Crippen LogP) is 3.95. The van der Waals surface area contributed by atoms with Crippen LogP contribution in [0, 0.1) is 0 Å². The van der Waals surface area contributed by atoms with Crippen molar-refractivity contribution < 1.29 is 28.8 Å². The largest absolute Gasteiger partial charge is 0.504 e. The summed E-state index contributed by atoms with van der Waals surface area (Å²) in [5.74, 6) is 1.58. The number of aromatic nitrogens is 4. The standard InChI is InChI=1S/C25H25N5O6/c1-3-35-22-13-30(15-7-9-34-14-15)29-24(22)25(32)28-23-5-4-16(12-27-23)36-20-6-8-26-18-11-19(31)21(33-2)10-17(18)20/h4-6,8,10-13,15,31H,3,7,9,14H2,1-2H3,(H,27,28,32). The van der Waals surface area contributed by atoms with Crippen LogP contribution in [0.15, 0.2) is 48.9 Å². The van der Waals surface area contributed by atoms with Crippen LogP contribution in [0.4, 0.5) is 5.82 Å². The third kappa shape index (κ3) is 4.73. The number of benzene rings is 1. The quantitative estimate of drug-likeness (QED) is 0.376. The Labute approximate surface area is 206 Å². The van der Waals surface area contributed by atoms with Gasteiger partial charge >= 0.3 is 0 Å². The molecule has 1 saturated heterocycles. The van der Waals surface area contributed by atoms with Crippen LogP contribution >= 0.6 is 0 Å². The van der Waals surface area contributed by atoms with Crippen molar-refractivity contribution in [2.24, 2.45) is 0 Å². The molecule has 1 unspecified atom stereocenters. The van der Waals surface area contributed by atoms with E-state index in [-0.39, 0.29) is 17.5 Å². The highest BCUT2D eigenvalue weighted by atomic mass is 16.5. The Morgan fingerprint density at radius 1 is 1.22 bits per heavy atom. The number of rotatable bonds is 8. The van der Waals surface area contributed by atoms with Crippen molar-refractivity contribution in [2.45, 2.75) is 19.4 Å². The smallest absolute Gasteiger partial charge is 0.281 e. The Morgan fingerprint density at radius 3 is 2.83 bits per heavy atom. The molecule has 1 atom stereocenters. The molecule has 1 aromatic carbocycles. The molecule has 3 aromatic heterocycles. The molecule has 186 valence electrons. The van der Waals surface area contributed by atoms with Crippen LogP contribution in [-0.2, 0) is 4.74 Å². The summed E-state index contributed by atoms with van der Waals surface area (Å²) >= 11 is 0. The summed E-state index contributed by atoms with van der Waals surface area (Å²) in [7, 11) is 1.47. The number of carbonyl (C=O) groups excluding carboxylic acids is 1. The molecule has 0 bridgehead atoms. The summed E-state index contributed by atoms with van der Waals surface area (Å²) in [5.41, 5.74) is 0.739. The van der Waals surface area contributed by atoms with Gasteiger partial charge in [0.25, 0.3) is 5.91 Å². The monoisotopic (exact) mass is 491 g/mol. The van der Waals surface area contributed by atoms with E-state index >= 15 is 0 Å². The molecule has 0 saturated carbocycles. The molecular formula is C25H25N5O6. The molecule has 2 N–H and O–H groups in total. The van der Waals surface area contributed by atoms with Gasteiger partial charge in [0.1, 0.15) is 17.3 Å². The molecule has 1 aliphatic rings. The number of anilines is 1. The molecule has 4 aromatic rings. The highest BCUT2D eigenvalue weighted by Crippen LogP contribution is 2.36. The van der Waals surface area contributed by atoms with Gasteiger partial charge in [-0.2, -0.15) is 5.10 Å². The van der Waals surface area contributed by atoms with Crippen molar-refractivity contribution in [1.82, 2.24) is 19.7 Å². The van der Waals surface area contributed by atoms with Crippen molar-refractivity contribution >= 4 is 22.6 Å².